The van der Waals surface area contributed by atoms with Gasteiger partial charge in [0.1, 0.15) is 0 Å². The second kappa shape index (κ2) is 7.22. The summed E-state index contributed by atoms with van der Waals surface area (Å²) >= 11 is 0. The molecule has 0 atom stereocenters. The first-order chi connectivity index (χ1) is 7.76. The summed E-state index contributed by atoms with van der Waals surface area (Å²) in [6, 6.07) is 0. The smallest absolute Gasteiger partial charge is 0.0558 e. The van der Waals surface area contributed by atoms with Crippen molar-refractivity contribution in [1.82, 2.24) is 4.90 Å². The van der Waals surface area contributed by atoms with Crippen LogP contribution in [0.3, 0.4) is 0 Å². The monoisotopic (exact) mass is 231 g/mol. The molecular weight excluding hydrogens is 206 g/mol. The fourth-order valence-electron chi connectivity index (χ4n) is 2.37. The molecule has 1 rings (SSSR count). The van der Waals surface area contributed by atoms with E-state index in [9.17, 15) is 5.11 Å². The first-order valence-electron chi connectivity index (χ1n) is 6.28. The number of rotatable bonds is 7. The van der Waals surface area contributed by atoms with Crippen LogP contribution in [0.5, 0.6) is 0 Å². The van der Waals surface area contributed by atoms with E-state index in [0.29, 0.717) is 6.54 Å². The molecule has 2 N–H and O–H groups in total. The molecular formula is C12H25NO3. The quantitative estimate of drug-likeness (QED) is 0.669. The van der Waals surface area contributed by atoms with E-state index in [-0.39, 0.29) is 18.6 Å². The van der Waals surface area contributed by atoms with Crippen LogP contribution in [0.2, 0.25) is 0 Å². The Balaban J connectivity index is 2.50. The van der Waals surface area contributed by atoms with Gasteiger partial charge in [0.15, 0.2) is 0 Å². The number of hydrogen-bond acceptors (Lipinski definition) is 4. The summed E-state index contributed by atoms with van der Waals surface area (Å²) in [5.41, 5.74) is -0.0113. The second-order valence-corrected chi connectivity index (χ2v) is 4.77. The number of aliphatic hydroxyl groups is 2. The maximum absolute atomic E-state index is 9.58. The van der Waals surface area contributed by atoms with E-state index < -0.39 is 0 Å². The molecule has 0 saturated carbocycles. The van der Waals surface area contributed by atoms with E-state index in [2.05, 4.69) is 11.8 Å². The largest absolute Gasteiger partial charge is 0.396 e. The van der Waals surface area contributed by atoms with Crippen molar-refractivity contribution in [1.29, 1.82) is 0 Å². The molecule has 96 valence electrons. The molecule has 1 aliphatic heterocycles. The van der Waals surface area contributed by atoms with Crippen LogP contribution in [0, 0.1) is 5.41 Å². The van der Waals surface area contributed by atoms with Gasteiger partial charge < -0.3 is 19.8 Å². The summed E-state index contributed by atoms with van der Waals surface area (Å²) in [5, 5.41) is 18.6. The molecule has 0 bridgehead atoms. The zero-order chi connectivity index (χ0) is 11.9. The topological polar surface area (TPSA) is 52.9 Å². The van der Waals surface area contributed by atoms with Gasteiger partial charge in [0, 0.05) is 31.7 Å². The van der Waals surface area contributed by atoms with Gasteiger partial charge in [0.2, 0.25) is 0 Å². The standard InChI is InChI=1S/C12H25NO3/c1-2-5-13(6-7-14)10-12(11-15)3-8-16-9-4-12/h14-15H,2-11H2,1H3. The van der Waals surface area contributed by atoms with Gasteiger partial charge >= 0.3 is 0 Å². The number of ether oxygens (including phenoxy) is 1. The van der Waals surface area contributed by atoms with E-state index >= 15 is 0 Å². The van der Waals surface area contributed by atoms with Crippen molar-refractivity contribution in [3.63, 3.8) is 0 Å². The lowest BCUT2D eigenvalue weighted by Gasteiger charge is -2.39. The number of aliphatic hydroxyl groups excluding tert-OH is 2. The van der Waals surface area contributed by atoms with E-state index in [1.54, 1.807) is 0 Å². The lowest BCUT2D eigenvalue weighted by atomic mass is 9.80. The molecule has 1 saturated heterocycles. The van der Waals surface area contributed by atoms with Crippen LogP contribution in [0.4, 0.5) is 0 Å². The van der Waals surface area contributed by atoms with Crippen LogP contribution < -0.4 is 0 Å². The van der Waals surface area contributed by atoms with Crippen molar-refractivity contribution in [2.24, 2.45) is 5.41 Å². The Labute approximate surface area is 98.2 Å². The van der Waals surface area contributed by atoms with Crippen molar-refractivity contribution in [3.8, 4) is 0 Å². The Morgan fingerprint density at radius 3 is 2.38 bits per heavy atom. The third kappa shape index (κ3) is 4.01. The third-order valence-corrected chi connectivity index (χ3v) is 3.40. The molecule has 1 aliphatic rings. The predicted molar refractivity (Wildman–Crippen MR) is 63.4 cm³/mol. The fraction of sp³-hybridized carbons (Fsp3) is 1.00. The fourth-order valence-corrected chi connectivity index (χ4v) is 2.37. The molecule has 1 fully saturated rings. The molecule has 0 aromatic rings. The average Bonchev–Trinajstić information content (AvgIpc) is 2.31. The Kier molecular flexibility index (Phi) is 6.28. The van der Waals surface area contributed by atoms with E-state index in [1.165, 1.54) is 0 Å². The summed E-state index contributed by atoms with van der Waals surface area (Å²) in [7, 11) is 0. The normalized spacial score (nSPS) is 20.2. The Morgan fingerprint density at radius 1 is 1.19 bits per heavy atom. The van der Waals surface area contributed by atoms with Gasteiger partial charge in [0.25, 0.3) is 0 Å². The summed E-state index contributed by atoms with van der Waals surface area (Å²) < 4.78 is 5.35. The molecule has 16 heavy (non-hydrogen) atoms. The van der Waals surface area contributed by atoms with Gasteiger partial charge in [-0.1, -0.05) is 6.92 Å². The van der Waals surface area contributed by atoms with E-state index in [4.69, 9.17) is 9.84 Å². The zero-order valence-corrected chi connectivity index (χ0v) is 10.3. The molecule has 0 aliphatic carbocycles. The second-order valence-electron chi connectivity index (χ2n) is 4.77. The lowest BCUT2D eigenvalue weighted by Crippen LogP contribution is -2.45. The SMILES string of the molecule is CCCN(CCO)CC1(CO)CCOCC1. The van der Waals surface area contributed by atoms with Gasteiger partial charge in [0.05, 0.1) is 13.2 Å². The van der Waals surface area contributed by atoms with Crippen molar-refractivity contribution in [2.75, 3.05) is 46.1 Å². The minimum atomic E-state index is -0.0113. The summed E-state index contributed by atoms with van der Waals surface area (Å²) in [5.74, 6) is 0. The predicted octanol–water partition coefficient (Wildman–Crippen LogP) is 0.480. The van der Waals surface area contributed by atoms with Crippen LogP contribution in [-0.2, 0) is 4.74 Å². The van der Waals surface area contributed by atoms with Crippen LogP contribution in [0.15, 0.2) is 0 Å². The first kappa shape index (κ1) is 13.9. The molecule has 0 radical (unpaired) electrons. The number of nitrogens with zero attached hydrogens (tertiary/aromatic N) is 1. The van der Waals surface area contributed by atoms with Gasteiger partial charge in [-0.15, -0.1) is 0 Å². The molecule has 0 spiro atoms. The molecule has 0 aromatic carbocycles. The minimum Gasteiger partial charge on any atom is -0.396 e. The van der Waals surface area contributed by atoms with Gasteiger partial charge in [-0.05, 0) is 25.8 Å². The summed E-state index contributed by atoms with van der Waals surface area (Å²) in [6.45, 7) is 6.63. The molecule has 0 amide bonds. The van der Waals surface area contributed by atoms with Gasteiger partial charge in [-0.25, -0.2) is 0 Å². The van der Waals surface area contributed by atoms with Crippen molar-refractivity contribution in [3.05, 3.63) is 0 Å². The van der Waals surface area contributed by atoms with Gasteiger partial charge in [-0.3, -0.25) is 0 Å². The molecule has 4 heteroatoms. The molecule has 4 nitrogen and oxygen atoms in total. The number of hydrogen-bond donors (Lipinski definition) is 2. The minimum absolute atomic E-state index is 0.0113. The van der Waals surface area contributed by atoms with E-state index in [0.717, 1.165) is 45.6 Å². The molecule has 0 aromatic heterocycles. The lowest BCUT2D eigenvalue weighted by molar-refractivity contribution is -0.0358. The molecule has 0 unspecified atom stereocenters. The van der Waals surface area contributed by atoms with Crippen LogP contribution >= 0.6 is 0 Å². The summed E-state index contributed by atoms with van der Waals surface area (Å²) in [4.78, 5) is 2.25. The Morgan fingerprint density at radius 2 is 1.88 bits per heavy atom. The maximum atomic E-state index is 9.58. The third-order valence-electron chi connectivity index (χ3n) is 3.40. The van der Waals surface area contributed by atoms with E-state index in [1.807, 2.05) is 0 Å². The Hall–Kier alpha value is -0.160. The maximum Gasteiger partial charge on any atom is 0.0558 e. The summed E-state index contributed by atoms with van der Waals surface area (Å²) in [6.07, 6.45) is 2.93. The van der Waals surface area contributed by atoms with Crippen molar-refractivity contribution >= 4 is 0 Å². The van der Waals surface area contributed by atoms with Crippen LogP contribution in [0.1, 0.15) is 26.2 Å². The van der Waals surface area contributed by atoms with Crippen LogP contribution in [-0.4, -0.2) is 61.2 Å². The zero-order valence-electron chi connectivity index (χ0n) is 10.3. The highest BCUT2D eigenvalue weighted by atomic mass is 16.5. The highest BCUT2D eigenvalue weighted by Gasteiger charge is 2.33. The van der Waals surface area contributed by atoms with Crippen molar-refractivity contribution in [2.45, 2.75) is 26.2 Å². The average molecular weight is 231 g/mol. The Bertz CT molecular complexity index is 175. The highest BCUT2D eigenvalue weighted by molar-refractivity contribution is 4.84. The van der Waals surface area contributed by atoms with Gasteiger partial charge in [-0.2, -0.15) is 0 Å². The van der Waals surface area contributed by atoms with Crippen molar-refractivity contribution < 1.29 is 14.9 Å². The van der Waals surface area contributed by atoms with Crippen LogP contribution in [0.25, 0.3) is 0 Å². The molecule has 1 heterocycles. The highest BCUT2D eigenvalue weighted by Crippen LogP contribution is 2.30. The first-order valence-corrected chi connectivity index (χ1v) is 6.28.